The molecule has 3 aliphatic rings. The van der Waals surface area contributed by atoms with E-state index in [2.05, 4.69) is 24.7 Å². The summed E-state index contributed by atoms with van der Waals surface area (Å²) in [6.45, 7) is 12.0. The largest absolute Gasteiger partial charge is 0.359 e. The molecule has 1 aromatic rings. The number of hydrogen-bond donors (Lipinski definition) is 0. The maximum absolute atomic E-state index is 13.0. The molecule has 2 heterocycles. The van der Waals surface area contributed by atoms with E-state index >= 15 is 0 Å². The summed E-state index contributed by atoms with van der Waals surface area (Å²) in [5.74, 6) is -0.0258. The van der Waals surface area contributed by atoms with Crippen LogP contribution in [0.5, 0.6) is 0 Å². The Bertz CT molecular complexity index is 1070. The van der Waals surface area contributed by atoms with E-state index in [1.165, 1.54) is 14.5 Å². The number of imide groups is 2. The van der Waals surface area contributed by atoms with Gasteiger partial charge in [0.1, 0.15) is 19.0 Å². The fraction of sp³-hybridized carbons (Fsp3) is 0.808. The molecule has 206 valence electrons. The van der Waals surface area contributed by atoms with E-state index in [1.54, 1.807) is 0 Å². The Morgan fingerprint density at radius 1 is 1.03 bits per heavy atom. The summed E-state index contributed by atoms with van der Waals surface area (Å²) in [5.41, 5.74) is 0.0307. The molecule has 11 heteroatoms. The van der Waals surface area contributed by atoms with Gasteiger partial charge in [-0.3, -0.25) is 24.0 Å². The number of carbonyl (C=O) groups is 3. The van der Waals surface area contributed by atoms with Gasteiger partial charge in [-0.15, -0.1) is 0 Å². The van der Waals surface area contributed by atoms with Crippen LogP contribution in [0, 0.1) is 12.3 Å². The van der Waals surface area contributed by atoms with Gasteiger partial charge in [0.2, 0.25) is 11.8 Å². The lowest BCUT2D eigenvalue weighted by atomic mass is 9.57. The minimum absolute atomic E-state index is 0.111. The van der Waals surface area contributed by atoms with Crippen LogP contribution >= 0.6 is 0 Å². The third-order valence-electron chi connectivity index (χ3n) is 8.38. The molecule has 1 aliphatic heterocycles. The monoisotopic (exact) mass is 533 g/mol. The van der Waals surface area contributed by atoms with Crippen LogP contribution in [-0.4, -0.2) is 69.3 Å². The van der Waals surface area contributed by atoms with Crippen LogP contribution in [0.3, 0.4) is 0 Å². The Hall–Kier alpha value is -2.27. The van der Waals surface area contributed by atoms with Crippen LogP contribution in [0.25, 0.3) is 0 Å². The predicted molar refractivity (Wildman–Crippen MR) is 142 cm³/mol. The summed E-state index contributed by atoms with van der Waals surface area (Å²) in [5, 5.41) is 4.44. The molecule has 0 unspecified atom stereocenters. The first-order chi connectivity index (χ1) is 17.4. The highest BCUT2D eigenvalue weighted by atomic mass is 28.3. The molecule has 4 amide bonds. The van der Waals surface area contributed by atoms with Crippen molar-refractivity contribution in [3.8, 4) is 0 Å². The molecule has 4 rings (SSSR count). The van der Waals surface area contributed by atoms with Crippen molar-refractivity contribution in [2.75, 3.05) is 13.2 Å². The molecule has 0 aromatic carbocycles. The van der Waals surface area contributed by atoms with E-state index in [1.807, 2.05) is 18.4 Å². The van der Waals surface area contributed by atoms with Crippen LogP contribution < -0.4 is 5.69 Å². The van der Waals surface area contributed by atoms with Crippen molar-refractivity contribution < 1.29 is 19.1 Å². The van der Waals surface area contributed by atoms with Crippen molar-refractivity contribution in [3.05, 3.63) is 16.3 Å². The molecular weight excluding hydrogens is 490 g/mol. The number of ether oxygens (including phenoxy) is 1. The van der Waals surface area contributed by atoms with Crippen LogP contribution in [0.2, 0.25) is 25.7 Å². The SMILES string of the molecule is CCCCN1C(=O)CC(=O)N(C2CCC3(CC2)CC(n2c(C)nn(COCC[Si](C)(C)C)c2=O)C3)C1=O. The maximum atomic E-state index is 13.0. The molecule has 2 saturated carbocycles. The topological polar surface area (TPSA) is 107 Å². The highest BCUT2D eigenvalue weighted by molar-refractivity contribution is 6.76. The summed E-state index contributed by atoms with van der Waals surface area (Å²) < 4.78 is 8.99. The molecular formula is C26H43N5O5Si. The lowest BCUT2D eigenvalue weighted by Crippen LogP contribution is -2.59. The number of amides is 4. The number of barbiturate groups is 1. The zero-order valence-electron chi connectivity index (χ0n) is 23.1. The van der Waals surface area contributed by atoms with Gasteiger partial charge in [-0.2, -0.15) is 9.78 Å². The number of nitrogens with zero attached hydrogens (tertiary/aromatic N) is 5. The van der Waals surface area contributed by atoms with Gasteiger partial charge in [0.15, 0.2) is 0 Å². The van der Waals surface area contributed by atoms with E-state index in [4.69, 9.17) is 4.74 Å². The van der Waals surface area contributed by atoms with Crippen LogP contribution in [-0.2, 0) is 21.1 Å². The molecule has 0 radical (unpaired) electrons. The third kappa shape index (κ3) is 5.92. The van der Waals surface area contributed by atoms with Gasteiger partial charge in [-0.1, -0.05) is 33.0 Å². The average Bonchev–Trinajstić information content (AvgIpc) is 3.07. The molecule has 0 N–H and O–H groups in total. The Kier molecular flexibility index (Phi) is 8.13. The summed E-state index contributed by atoms with van der Waals surface area (Å²) in [6, 6.07) is 0.585. The van der Waals surface area contributed by atoms with Gasteiger partial charge in [-0.25, -0.2) is 9.59 Å². The first-order valence-corrected chi connectivity index (χ1v) is 17.6. The molecule has 10 nitrogen and oxygen atoms in total. The Morgan fingerprint density at radius 3 is 2.32 bits per heavy atom. The summed E-state index contributed by atoms with van der Waals surface area (Å²) in [7, 11) is -1.18. The second-order valence-electron chi connectivity index (χ2n) is 12.5. The first kappa shape index (κ1) is 27.8. The number of rotatable bonds is 10. The van der Waals surface area contributed by atoms with Crippen LogP contribution in [0.4, 0.5) is 4.79 Å². The van der Waals surface area contributed by atoms with Gasteiger partial charge >= 0.3 is 11.7 Å². The lowest BCUT2D eigenvalue weighted by molar-refractivity contribution is -0.145. The number of aromatic nitrogens is 3. The van der Waals surface area contributed by atoms with Crippen molar-refractivity contribution in [3.63, 3.8) is 0 Å². The van der Waals surface area contributed by atoms with Gasteiger partial charge in [0.05, 0.1) is 0 Å². The van der Waals surface area contributed by atoms with Crippen LogP contribution in [0.15, 0.2) is 4.79 Å². The lowest BCUT2D eigenvalue weighted by Gasteiger charge is -2.53. The zero-order valence-corrected chi connectivity index (χ0v) is 24.1. The quantitative estimate of drug-likeness (QED) is 0.256. The fourth-order valence-electron chi connectivity index (χ4n) is 6.12. The molecule has 2 aliphatic carbocycles. The number of aryl methyl sites for hydroxylation is 1. The second-order valence-corrected chi connectivity index (χ2v) is 18.1. The third-order valence-corrected chi connectivity index (χ3v) is 10.1. The smallest absolute Gasteiger partial charge is 0.348 e. The zero-order chi connectivity index (χ0) is 27.0. The van der Waals surface area contributed by atoms with Gasteiger partial charge in [0, 0.05) is 33.3 Å². The molecule has 3 fully saturated rings. The highest BCUT2D eigenvalue weighted by Gasteiger charge is 2.50. The highest BCUT2D eigenvalue weighted by Crippen LogP contribution is 2.57. The second kappa shape index (κ2) is 10.8. The minimum Gasteiger partial charge on any atom is -0.359 e. The van der Waals surface area contributed by atoms with E-state index in [-0.39, 0.29) is 48.2 Å². The van der Waals surface area contributed by atoms with E-state index in [9.17, 15) is 19.2 Å². The first-order valence-electron chi connectivity index (χ1n) is 13.8. The van der Waals surface area contributed by atoms with Crippen molar-refractivity contribution in [1.29, 1.82) is 0 Å². The predicted octanol–water partition coefficient (Wildman–Crippen LogP) is 3.91. The molecule has 1 spiro atoms. The molecule has 37 heavy (non-hydrogen) atoms. The average molecular weight is 534 g/mol. The normalized spacial score (nSPS) is 26.8. The van der Waals surface area contributed by atoms with Crippen LogP contribution in [0.1, 0.15) is 76.6 Å². The van der Waals surface area contributed by atoms with E-state index in [0.29, 0.717) is 19.0 Å². The van der Waals surface area contributed by atoms with Crippen molar-refractivity contribution in [2.24, 2.45) is 5.41 Å². The number of urea groups is 1. The van der Waals surface area contributed by atoms with E-state index < -0.39 is 14.1 Å². The maximum Gasteiger partial charge on any atom is 0.348 e. The number of carbonyl (C=O) groups excluding carboxylic acids is 3. The Balaban J connectivity index is 1.32. The van der Waals surface area contributed by atoms with Crippen molar-refractivity contribution >= 4 is 25.9 Å². The Labute approximate surface area is 220 Å². The van der Waals surface area contributed by atoms with Crippen molar-refractivity contribution in [1.82, 2.24) is 24.1 Å². The summed E-state index contributed by atoms with van der Waals surface area (Å²) in [6.07, 6.45) is 6.55. The summed E-state index contributed by atoms with van der Waals surface area (Å²) >= 11 is 0. The van der Waals surface area contributed by atoms with E-state index in [0.717, 1.165) is 57.4 Å². The fourth-order valence-corrected chi connectivity index (χ4v) is 6.87. The number of unbranched alkanes of at least 4 members (excludes halogenated alkanes) is 1. The van der Waals surface area contributed by atoms with Crippen molar-refractivity contribution in [2.45, 2.75) is 116 Å². The number of hydrogen-bond acceptors (Lipinski definition) is 6. The summed E-state index contributed by atoms with van der Waals surface area (Å²) in [4.78, 5) is 53.6. The standard InChI is InChI=1S/C26H43N5O5Si/c1-6-7-12-28-22(32)15-23(33)31(24(28)34)20-8-10-26(11-9-20)16-21(17-26)30-19(2)27-29(25(30)35)18-36-13-14-37(3,4)5/h20-21H,6-18H2,1-5H3. The molecule has 1 aromatic heterocycles. The van der Waals surface area contributed by atoms with Gasteiger partial charge in [-0.05, 0) is 63.3 Å². The van der Waals surface area contributed by atoms with Gasteiger partial charge in [0.25, 0.3) is 0 Å². The Morgan fingerprint density at radius 2 is 1.70 bits per heavy atom. The minimum atomic E-state index is -1.18. The molecule has 0 atom stereocenters. The van der Waals surface area contributed by atoms with Gasteiger partial charge < -0.3 is 4.74 Å². The molecule has 1 saturated heterocycles. The molecule has 0 bridgehead atoms.